The molecule has 0 bridgehead atoms. The van der Waals surface area contributed by atoms with E-state index in [-0.39, 0.29) is 5.56 Å². The van der Waals surface area contributed by atoms with Gasteiger partial charge < -0.3 is 0 Å². The van der Waals surface area contributed by atoms with Crippen LogP contribution in [0.5, 0.6) is 0 Å². The lowest BCUT2D eigenvalue weighted by Crippen LogP contribution is -2.24. The molecule has 1 N–H and O–H groups in total. The van der Waals surface area contributed by atoms with E-state index in [0.29, 0.717) is 0 Å². The highest BCUT2D eigenvalue weighted by Gasteiger charge is 2.17. The van der Waals surface area contributed by atoms with Gasteiger partial charge in [0.25, 0.3) is 5.56 Å². The highest BCUT2D eigenvalue weighted by atomic mass is 32.1. The van der Waals surface area contributed by atoms with Gasteiger partial charge in [-0.25, -0.2) is 9.50 Å². The maximum absolute atomic E-state index is 12.5. The van der Waals surface area contributed by atoms with Crippen molar-refractivity contribution in [2.75, 3.05) is 0 Å². The minimum atomic E-state index is 0.0718. The van der Waals surface area contributed by atoms with E-state index >= 15 is 0 Å². The van der Waals surface area contributed by atoms with Crippen LogP contribution in [0.15, 0.2) is 28.4 Å². The van der Waals surface area contributed by atoms with Gasteiger partial charge in [0, 0.05) is 11.6 Å². The van der Waals surface area contributed by atoms with Gasteiger partial charge in [0.05, 0.1) is 16.3 Å². The monoisotopic (exact) mass is 271 g/mol. The molecule has 1 aliphatic rings. The number of aryl methyl sites for hydroxylation is 1. The minimum Gasteiger partial charge on any atom is -0.288 e. The predicted molar refractivity (Wildman–Crippen MR) is 75.8 cm³/mol. The van der Waals surface area contributed by atoms with Crippen molar-refractivity contribution in [2.45, 2.75) is 25.7 Å². The van der Waals surface area contributed by atoms with Crippen molar-refractivity contribution >= 4 is 17.0 Å². The molecule has 0 unspecified atom stereocenters. The molecule has 0 spiro atoms. The molecule has 5 heteroatoms. The Hall–Kier alpha value is -1.88. The Morgan fingerprint density at radius 2 is 2.21 bits per heavy atom. The quantitative estimate of drug-likeness (QED) is 0.739. The van der Waals surface area contributed by atoms with Crippen LogP contribution in [0.1, 0.15) is 24.1 Å². The Morgan fingerprint density at radius 3 is 3.05 bits per heavy atom. The summed E-state index contributed by atoms with van der Waals surface area (Å²) < 4.78 is 1.58. The first-order valence-corrected chi connectivity index (χ1v) is 7.38. The molecule has 4 rings (SSSR count). The Kier molecular flexibility index (Phi) is 2.35. The molecule has 1 aliphatic carbocycles. The molecule has 0 atom stereocenters. The largest absolute Gasteiger partial charge is 0.288 e. The predicted octanol–water partition coefficient (Wildman–Crippen LogP) is 2.63. The van der Waals surface area contributed by atoms with Crippen LogP contribution in [0.4, 0.5) is 0 Å². The number of hydrogen-bond acceptors (Lipinski definition) is 3. The Balaban J connectivity index is 1.99. The molecule has 3 heterocycles. The van der Waals surface area contributed by atoms with Crippen LogP contribution < -0.4 is 5.56 Å². The van der Waals surface area contributed by atoms with Crippen LogP contribution in [-0.2, 0) is 12.8 Å². The maximum Gasteiger partial charge on any atom is 0.276 e. The summed E-state index contributed by atoms with van der Waals surface area (Å²) in [6.45, 7) is 0. The zero-order chi connectivity index (χ0) is 12.8. The number of rotatable bonds is 1. The molecule has 4 nitrogen and oxygen atoms in total. The first-order valence-electron chi connectivity index (χ1n) is 6.50. The zero-order valence-corrected chi connectivity index (χ0v) is 11.2. The lowest BCUT2D eigenvalue weighted by molar-refractivity contribution is 0.651. The second-order valence-electron chi connectivity index (χ2n) is 4.89. The molecule has 0 saturated heterocycles. The minimum absolute atomic E-state index is 0.0718. The highest BCUT2D eigenvalue weighted by molar-refractivity contribution is 7.13. The molecule has 3 aromatic rings. The molecule has 0 aromatic carbocycles. The fourth-order valence-electron chi connectivity index (χ4n) is 2.72. The van der Waals surface area contributed by atoms with E-state index in [1.807, 2.05) is 23.6 Å². The van der Waals surface area contributed by atoms with Crippen molar-refractivity contribution in [1.82, 2.24) is 14.6 Å². The fourth-order valence-corrected chi connectivity index (χ4v) is 3.41. The van der Waals surface area contributed by atoms with Gasteiger partial charge >= 0.3 is 0 Å². The average molecular weight is 271 g/mol. The third kappa shape index (κ3) is 1.65. The second-order valence-corrected chi connectivity index (χ2v) is 5.84. The summed E-state index contributed by atoms with van der Waals surface area (Å²) in [5.74, 6) is 0. The van der Waals surface area contributed by atoms with E-state index in [1.54, 1.807) is 15.9 Å². The van der Waals surface area contributed by atoms with Gasteiger partial charge in [0.15, 0.2) is 5.65 Å². The molecule has 96 valence electrons. The summed E-state index contributed by atoms with van der Waals surface area (Å²) in [6, 6.07) is 6.01. The highest BCUT2D eigenvalue weighted by Crippen LogP contribution is 2.24. The van der Waals surface area contributed by atoms with Crippen molar-refractivity contribution in [3.05, 3.63) is 45.2 Å². The van der Waals surface area contributed by atoms with Crippen molar-refractivity contribution in [3.8, 4) is 10.6 Å². The Bertz CT molecular complexity index is 798. The topological polar surface area (TPSA) is 50.2 Å². The van der Waals surface area contributed by atoms with Gasteiger partial charge in [-0.05, 0) is 37.1 Å². The summed E-state index contributed by atoms with van der Waals surface area (Å²) in [5, 5.41) is 5.20. The smallest absolute Gasteiger partial charge is 0.276 e. The van der Waals surface area contributed by atoms with E-state index in [1.165, 1.54) is 0 Å². The van der Waals surface area contributed by atoms with Gasteiger partial charge in [-0.15, -0.1) is 11.3 Å². The van der Waals surface area contributed by atoms with Gasteiger partial charge in [0.1, 0.15) is 0 Å². The third-order valence-electron chi connectivity index (χ3n) is 3.67. The van der Waals surface area contributed by atoms with Gasteiger partial charge in [-0.2, -0.15) is 0 Å². The van der Waals surface area contributed by atoms with Crippen molar-refractivity contribution < 1.29 is 0 Å². The van der Waals surface area contributed by atoms with Crippen molar-refractivity contribution in [2.24, 2.45) is 0 Å². The van der Waals surface area contributed by atoms with E-state index < -0.39 is 0 Å². The van der Waals surface area contributed by atoms with Gasteiger partial charge in [-0.1, -0.05) is 6.07 Å². The molecule has 0 amide bonds. The first-order chi connectivity index (χ1) is 9.33. The lowest BCUT2D eigenvalue weighted by atomic mass is 9.97. The maximum atomic E-state index is 12.5. The standard InChI is InChI=1S/C14H13N3OS/c18-14-9-4-1-2-5-10(9)15-13-8-11(16-17(13)14)12-6-3-7-19-12/h3,6-8,16H,1-2,4-5H2. The van der Waals surface area contributed by atoms with Crippen LogP contribution in [-0.4, -0.2) is 14.6 Å². The molecule has 0 saturated carbocycles. The molecule has 19 heavy (non-hydrogen) atoms. The average Bonchev–Trinajstić information content (AvgIpc) is 3.07. The van der Waals surface area contributed by atoms with Crippen LogP contribution in [0, 0.1) is 0 Å². The number of H-pyrrole nitrogens is 1. The first kappa shape index (κ1) is 11.0. The zero-order valence-electron chi connectivity index (χ0n) is 10.3. The van der Waals surface area contributed by atoms with E-state index in [4.69, 9.17) is 0 Å². The van der Waals surface area contributed by atoms with Crippen LogP contribution in [0.25, 0.3) is 16.2 Å². The number of thiophene rings is 1. The van der Waals surface area contributed by atoms with Crippen molar-refractivity contribution in [1.29, 1.82) is 0 Å². The number of nitrogens with one attached hydrogen (secondary N) is 1. The number of hydrogen-bond donors (Lipinski definition) is 1. The molecule has 0 radical (unpaired) electrons. The number of fused-ring (bicyclic) bond motifs is 2. The van der Waals surface area contributed by atoms with Crippen LogP contribution in [0.3, 0.4) is 0 Å². The molecule has 0 fully saturated rings. The van der Waals surface area contributed by atoms with E-state index in [2.05, 4.69) is 10.1 Å². The second kappa shape index (κ2) is 4.06. The molecule has 3 aromatic heterocycles. The van der Waals surface area contributed by atoms with E-state index in [0.717, 1.165) is 53.2 Å². The summed E-state index contributed by atoms with van der Waals surface area (Å²) in [6.07, 6.45) is 4.02. The number of aromatic amines is 1. The lowest BCUT2D eigenvalue weighted by Gasteiger charge is -2.13. The molecular formula is C14H13N3OS. The summed E-state index contributed by atoms with van der Waals surface area (Å²) in [4.78, 5) is 18.2. The Morgan fingerprint density at radius 1 is 1.32 bits per heavy atom. The summed E-state index contributed by atoms with van der Waals surface area (Å²) in [7, 11) is 0. The number of aromatic nitrogens is 3. The van der Waals surface area contributed by atoms with Crippen LogP contribution >= 0.6 is 11.3 Å². The fraction of sp³-hybridized carbons (Fsp3) is 0.286. The normalized spacial score (nSPS) is 14.7. The van der Waals surface area contributed by atoms with Gasteiger partial charge in [0.2, 0.25) is 0 Å². The van der Waals surface area contributed by atoms with Gasteiger partial charge in [-0.3, -0.25) is 9.89 Å². The number of nitrogens with zero attached hydrogens (tertiary/aromatic N) is 2. The van der Waals surface area contributed by atoms with Crippen LogP contribution in [0.2, 0.25) is 0 Å². The molecular weight excluding hydrogens is 258 g/mol. The van der Waals surface area contributed by atoms with Crippen molar-refractivity contribution in [3.63, 3.8) is 0 Å². The van der Waals surface area contributed by atoms with E-state index in [9.17, 15) is 4.79 Å². The Labute approximate surface area is 113 Å². The summed E-state index contributed by atoms with van der Waals surface area (Å²) in [5.41, 5.74) is 3.65. The molecule has 0 aliphatic heterocycles. The SMILES string of the molecule is O=c1c2c(nc3cc(-c4cccs4)[nH]n13)CCCC2. The summed E-state index contributed by atoms with van der Waals surface area (Å²) >= 11 is 1.65. The third-order valence-corrected chi connectivity index (χ3v) is 4.57.